The monoisotopic (exact) mass is 249 g/mol. The predicted octanol–water partition coefficient (Wildman–Crippen LogP) is 3.05. The molecule has 3 heteroatoms. The van der Waals surface area contributed by atoms with Crippen molar-refractivity contribution in [1.29, 1.82) is 0 Å². The topological polar surface area (TPSA) is 29.9 Å². The standard InChI is InChI=1S/C15H27N3/c1-7-11-12(8-14(11)16-6)13-9-18(15(3,4)5)17-10(13)2/h9,11-12,14,16H,7-8H2,1-6H3. The van der Waals surface area contributed by atoms with Gasteiger partial charge in [0, 0.05) is 12.2 Å². The van der Waals surface area contributed by atoms with Gasteiger partial charge in [0.15, 0.2) is 0 Å². The molecule has 0 bridgehead atoms. The van der Waals surface area contributed by atoms with E-state index in [-0.39, 0.29) is 5.54 Å². The Labute approximate surface area is 111 Å². The molecular formula is C15H27N3. The summed E-state index contributed by atoms with van der Waals surface area (Å²) in [5, 5.41) is 8.13. The van der Waals surface area contributed by atoms with Crippen LogP contribution in [0.4, 0.5) is 0 Å². The number of nitrogens with one attached hydrogen (secondary N) is 1. The van der Waals surface area contributed by atoms with Gasteiger partial charge < -0.3 is 5.32 Å². The van der Waals surface area contributed by atoms with Crippen LogP contribution in [0.2, 0.25) is 0 Å². The molecule has 1 aliphatic carbocycles. The molecule has 3 unspecified atom stereocenters. The second-order valence-corrected chi connectivity index (χ2v) is 6.59. The number of hydrogen-bond acceptors (Lipinski definition) is 2. The van der Waals surface area contributed by atoms with E-state index in [1.165, 1.54) is 24.1 Å². The summed E-state index contributed by atoms with van der Waals surface area (Å²) in [5.74, 6) is 1.47. The van der Waals surface area contributed by atoms with Crippen molar-refractivity contribution in [1.82, 2.24) is 15.1 Å². The Morgan fingerprint density at radius 3 is 2.56 bits per heavy atom. The van der Waals surface area contributed by atoms with E-state index in [0.29, 0.717) is 12.0 Å². The number of hydrogen-bond donors (Lipinski definition) is 1. The summed E-state index contributed by atoms with van der Waals surface area (Å²) < 4.78 is 2.12. The van der Waals surface area contributed by atoms with Gasteiger partial charge in [0.25, 0.3) is 0 Å². The minimum atomic E-state index is 0.0802. The maximum Gasteiger partial charge on any atom is 0.0628 e. The molecule has 0 aliphatic heterocycles. The van der Waals surface area contributed by atoms with E-state index in [0.717, 1.165) is 5.92 Å². The number of nitrogens with zero attached hydrogens (tertiary/aromatic N) is 2. The molecule has 1 aliphatic rings. The Bertz CT molecular complexity index is 414. The van der Waals surface area contributed by atoms with Gasteiger partial charge in [0.2, 0.25) is 0 Å². The molecule has 2 rings (SSSR count). The van der Waals surface area contributed by atoms with Gasteiger partial charge in [0.05, 0.1) is 11.2 Å². The lowest BCUT2D eigenvalue weighted by molar-refractivity contribution is 0.168. The second-order valence-electron chi connectivity index (χ2n) is 6.59. The van der Waals surface area contributed by atoms with Crippen LogP contribution >= 0.6 is 0 Å². The van der Waals surface area contributed by atoms with Crippen molar-refractivity contribution in [3.05, 3.63) is 17.5 Å². The molecule has 1 fully saturated rings. The van der Waals surface area contributed by atoms with Gasteiger partial charge in [0.1, 0.15) is 0 Å². The average Bonchev–Trinajstić information content (AvgIpc) is 2.60. The van der Waals surface area contributed by atoms with E-state index in [2.05, 4.69) is 57.9 Å². The fourth-order valence-corrected chi connectivity index (χ4v) is 3.15. The molecule has 3 atom stereocenters. The van der Waals surface area contributed by atoms with Gasteiger partial charge in [-0.15, -0.1) is 0 Å². The zero-order valence-corrected chi connectivity index (χ0v) is 12.6. The predicted molar refractivity (Wildman–Crippen MR) is 75.9 cm³/mol. The van der Waals surface area contributed by atoms with E-state index in [9.17, 15) is 0 Å². The van der Waals surface area contributed by atoms with Crippen LogP contribution < -0.4 is 5.32 Å². The highest BCUT2D eigenvalue weighted by Crippen LogP contribution is 2.45. The van der Waals surface area contributed by atoms with Gasteiger partial charge in [-0.05, 0) is 58.6 Å². The molecule has 1 saturated carbocycles. The van der Waals surface area contributed by atoms with Crippen molar-refractivity contribution in [2.24, 2.45) is 5.92 Å². The first-order chi connectivity index (χ1) is 8.38. The van der Waals surface area contributed by atoms with Gasteiger partial charge in [-0.2, -0.15) is 5.10 Å². The van der Waals surface area contributed by atoms with Crippen molar-refractivity contribution in [3.8, 4) is 0 Å². The molecule has 0 amide bonds. The van der Waals surface area contributed by atoms with Crippen LogP contribution in [-0.4, -0.2) is 22.9 Å². The summed E-state index contributed by atoms with van der Waals surface area (Å²) in [4.78, 5) is 0. The first-order valence-electron chi connectivity index (χ1n) is 7.12. The largest absolute Gasteiger partial charge is 0.317 e. The highest BCUT2D eigenvalue weighted by Gasteiger charge is 2.41. The highest BCUT2D eigenvalue weighted by atomic mass is 15.3. The third-order valence-electron chi connectivity index (χ3n) is 4.41. The van der Waals surface area contributed by atoms with E-state index in [1.54, 1.807) is 0 Å². The fraction of sp³-hybridized carbons (Fsp3) is 0.800. The Hall–Kier alpha value is -0.830. The summed E-state index contributed by atoms with van der Waals surface area (Å²) in [6.07, 6.45) is 4.77. The van der Waals surface area contributed by atoms with Crippen LogP contribution in [-0.2, 0) is 5.54 Å². The molecule has 3 nitrogen and oxygen atoms in total. The maximum absolute atomic E-state index is 4.70. The molecular weight excluding hydrogens is 222 g/mol. The van der Waals surface area contributed by atoms with E-state index >= 15 is 0 Å². The summed E-state index contributed by atoms with van der Waals surface area (Å²) in [5.41, 5.74) is 2.75. The molecule has 0 aromatic carbocycles. The molecule has 0 radical (unpaired) electrons. The number of rotatable bonds is 3. The van der Waals surface area contributed by atoms with Gasteiger partial charge in [-0.3, -0.25) is 4.68 Å². The number of aromatic nitrogens is 2. The van der Waals surface area contributed by atoms with Crippen LogP contribution in [0.15, 0.2) is 6.20 Å². The SMILES string of the molecule is CCC1C(NC)CC1c1cn(C(C)(C)C)nc1C. The fourth-order valence-electron chi connectivity index (χ4n) is 3.15. The van der Waals surface area contributed by atoms with E-state index in [4.69, 9.17) is 5.10 Å². The lowest BCUT2D eigenvalue weighted by Gasteiger charge is -2.44. The third kappa shape index (κ3) is 2.20. The van der Waals surface area contributed by atoms with Crippen LogP contribution in [0.1, 0.15) is 57.7 Å². The summed E-state index contributed by atoms with van der Waals surface area (Å²) in [6, 6.07) is 0.692. The lowest BCUT2D eigenvalue weighted by Crippen LogP contribution is -2.47. The van der Waals surface area contributed by atoms with Gasteiger partial charge in [-0.1, -0.05) is 13.3 Å². The first-order valence-corrected chi connectivity index (χ1v) is 7.12. The van der Waals surface area contributed by atoms with Crippen LogP contribution in [0, 0.1) is 12.8 Å². The number of aryl methyl sites for hydroxylation is 1. The Kier molecular flexibility index (Phi) is 3.54. The summed E-state index contributed by atoms with van der Waals surface area (Å²) >= 11 is 0. The zero-order valence-electron chi connectivity index (χ0n) is 12.6. The van der Waals surface area contributed by atoms with Crippen LogP contribution in [0.25, 0.3) is 0 Å². The van der Waals surface area contributed by atoms with Crippen molar-refractivity contribution < 1.29 is 0 Å². The van der Waals surface area contributed by atoms with E-state index < -0.39 is 0 Å². The average molecular weight is 249 g/mol. The van der Waals surface area contributed by atoms with Crippen LogP contribution in [0.5, 0.6) is 0 Å². The Morgan fingerprint density at radius 2 is 2.11 bits per heavy atom. The first kappa shape index (κ1) is 13.6. The van der Waals surface area contributed by atoms with Crippen molar-refractivity contribution in [2.75, 3.05) is 7.05 Å². The molecule has 0 saturated heterocycles. The molecule has 1 aromatic heterocycles. The highest BCUT2D eigenvalue weighted by molar-refractivity contribution is 5.26. The van der Waals surface area contributed by atoms with Crippen molar-refractivity contribution >= 4 is 0 Å². The molecule has 1 heterocycles. The smallest absolute Gasteiger partial charge is 0.0628 e. The lowest BCUT2D eigenvalue weighted by atomic mass is 9.65. The second kappa shape index (κ2) is 4.69. The molecule has 1 aromatic rings. The zero-order chi connectivity index (χ0) is 13.5. The normalized spacial score (nSPS) is 28.2. The third-order valence-corrected chi connectivity index (χ3v) is 4.41. The molecule has 0 spiro atoms. The summed E-state index contributed by atoms with van der Waals surface area (Å²) in [7, 11) is 2.08. The van der Waals surface area contributed by atoms with Gasteiger partial charge in [-0.25, -0.2) is 0 Å². The quantitative estimate of drug-likeness (QED) is 0.892. The minimum absolute atomic E-state index is 0.0802. The molecule has 18 heavy (non-hydrogen) atoms. The Morgan fingerprint density at radius 1 is 1.44 bits per heavy atom. The minimum Gasteiger partial charge on any atom is -0.317 e. The van der Waals surface area contributed by atoms with Crippen molar-refractivity contribution in [2.45, 2.75) is 65.0 Å². The summed E-state index contributed by atoms with van der Waals surface area (Å²) in [6.45, 7) is 11.1. The molecule has 102 valence electrons. The molecule has 1 N–H and O–H groups in total. The van der Waals surface area contributed by atoms with Crippen molar-refractivity contribution in [3.63, 3.8) is 0 Å². The van der Waals surface area contributed by atoms with Gasteiger partial charge >= 0.3 is 0 Å². The maximum atomic E-state index is 4.70. The van der Waals surface area contributed by atoms with Crippen LogP contribution in [0.3, 0.4) is 0 Å². The van der Waals surface area contributed by atoms with E-state index in [1.807, 2.05) is 0 Å². The Balaban J connectivity index is 2.22.